The summed E-state index contributed by atoms with van der Waals surface area (Å²) in [6, 6.07) is 4.29. The van der Waals surface area contributed by atoms with Gasteiger partial charge in [0.05, 0.1) is 12.7 Å². The lowest BCUT2D eigenvalue weighted by atomic mass is 9.96. The zero-order valence-electron chi connectivity index (χ0n) is 9.80. The summed E-state index contributed by atoms with van der Waals surface area (Å²) in [5, 5.41) is 0. The molecule has 2 N–H and O–H groups in total. The summed E-state index contributed by atoms with van der Waals surface area (Å²) in [6.07, 6.45) is 0.0379. The molecule has 0 aliphatic rings. The summed E-state index contributed by atoms with van der Waals surface area (Å²) in [5.41, 5.74) is 4.86. The first kappa shape index (κ1) is 13.6. The molecule has 0 fully saturated rings. The highest BCUT2D eigenvalue weighted by molar-refractivity contribution is 5.98. The Labute approximate surface area is 98.6 Å². The van der Waals surface area contributed by atoms with E-state index in [1.807, 2.05) is 0 Å². The number of Topliss-reactive ketones (excluding diaryl/α,β-unsaturated/α-hetero) is 1. The van der Waals surface area contributed by atoms with E-state index in [1.165, 1.54) is 25.3 Å². The van der Waals surface area contributed by atoms with Crippen molar-refractivity contribution in [1.29, 1.82) is 0 Å². The van der Waals surface area contributed by atoms with Crippen LogP contribution in [0.3, 0.4) is 0 Å². The van der Waals surface area contributed by atoms with E-state index >= 15 is 0 Å². The smallest absolute Gasteiger partial charge is 0.274 e. The van der Waals surface area contributed by atoms with Crippen molar-refractivity contribution < 1.29 is 18.3 Å². The standard InChI is InChI=1S/C12H15F2NO2/c1-12(13,14)11-8(9(16)6-7-15)4-3-5-10(11)17-2/h3-5H,6-7,15H2,1-2H3. The van der Waals surface area contributed by atoms with E-state index in [-0.39, 0.29) is 29.8 Å². The fraction of sp³-hybridized carbons (Fsp3) is 0.417. The molecule has 0 spiro atoms. The maximum Gasteiger partial charge on any atom is 0.274 e. The Kier molecular flexibility index (Phi) is 4.17. The molecule has 0 heterocycles. The van der Waals surface area contributed by atoms with Gasteiger partial charge in [0.2, 0.25) is 0 Å². The minimum absolute atomic E-state index is 0.0142. The maximum absolute atomic E-state index is 13.5. The number of hydrogen-bond donors (Lipinski definition) is 1. The molecule has 3 nitrogen and oxygen atoms in total. The molecule has 0 aliphatic carbocycles. The van der Waals surface area contributed by atoms with Gasteiger partial charge in [-0.05, 0) is 12.6 Å². The van der Waals surface area contributed by atoms with Gasteiger partial charge in [0, 0.05) is 18.9 Å². The molecule has 17 heavy (non-hydrogen) atoms. The third-order valence-electron chi connectivity index (χ3n) is 2.36. The van der Waals surface area contributed by atoms with Crippen molar-refractivity contribution >= 4 is 5.78 Å². The molecule has 94 valence electrons. The van der Waals surface area contributed by atoms with Crippen molar-refractivity contribution in [3.63, 3.8) is 0 Å². The van der Waals surface area contributed by atoms with E-state index in [1.54, 1.807) is 0 Å². The molecule has 0 aliphatic heterocycles. The third kappa shape index (κ3) is 3.00. The molecule has 0 saturated heterocycles. The first-order valence-electron chi connectivity index (χ1n) is 5.20. The van der Waals surface area contributed by atoms with E-state index in [9.17, 15) is 13.6 Å². The van der Waals surface area contributed by atoms with Gasteiger partial charge in [-0.1, -0.05) is 12.1 Å². The lowest BCUT2D eigenvalue weighted by Crippen LogP contribution is -2.17. The van der Waals surface area contributed by atoms with Gasteiger partial charge in [-0.25, -0.2) is 8.78 Å². The molecule has 0 amide bonds. The summed E-state index contributed by atoms with van der Waals surface area (Å²) in [6.45, 7) is 0.870. The molecule has 5 heteroatoms. The van der Waals surface area contributed by atoms with E-state index < -0.39 is 11.7 Å². The van der Waals surface area contributed by atoms with E-state index in [0.717, 1.165) is 6.92 Å². The molecule has 1 aromatic carbocycles. The van der Waals surface area contributed by atoms with Gasteiger partial charge in [0.25, 0.3) is 5.92 Å². The molecule has 1 aromatic rings. The molecule has 1 rings (SSSR count). The molecule has 0 radical (unpaired) electrons. The van der Waals surface area contributed by atoms with Crippen LogP contribution < -0.4 is 10.5 Å². The Morgan fingerprint density at radius 2 is 2.12 bits per heavy atom. The number of hydrogen-bond acceptors (Lipinski definition) is 3. The van der Waals surface area contributed by atoms with Crippen LogP contribution >= 0.6 is 0 Å². The first-order valence-corrected chi connectivity index (χ1v) is 5.20. The predicted molar refractivity (Wildman–Crippen MR) is 60.6 cm³/mol. The van der Waals surface area contributed by atoms with Crippen LogP contribution in [0.5, 0.6) is 5.75 Å². The SMILES string of the molecule is COc1cccc(C(=O)CCN)c1C(C)(F)F. The van der Waals surface area contributed by atoms with Crippen LogP contribution in [0.25, 0.3) is 0 Å². The molecule has 0 saturated carbocycles. The zero-order chi connectivity index (χ0) is 13.1. The second-order valence-corrected chi connectivity index (χ2v) is 3.73. The summed E-state index contributed by atoms with van der Waals surface area (Å²) < 4.78 is 31.9. The van der Waals surface area contributed by atoms with Gasteiger partial charge < -0.3 is 10.5 Å². The Hall–Kier alpha value is -1.49. The van der Waals surface area contributed by atoms with E-state index in [2.05, 4.69) is 0 Å². The van der Waals surface area contributed by atoms with Crippen LogP contribution in [0.15, 0.2) is 18.2 Å². The number of methoxy groups -OCH3 is 1. The average molecular weight is 243 g/mol. The van der Waals surface area contributed by atoms with Gasteiger partial charge in [-0.15, -0.1) is 0 Å². The highest BCUT2D eigenvalue weighted by Gasteiger charge is 2.33. The summed E-state index contributed by atoms with van der Waals surface area (Å²) in [7, 11) is 1.29. The van der Waals surface area contributed by atoms with Crippen LogP contribution in [0.1, 0.15) is 29.3 Å². The number of rotatable bonds is 5. The number of alkyl halides is 2. The van der Waals surface area contributed by atoms with E-state index in [4.69, 9.17) is 10.5 Å². The Morgan fingerprint density at radius 3 is 2.59 bits per heavy atom. The number of carbonyl (C=O) groups excluding carboxylic acids is 1. The van der Waals surface area contributed by atoms with Crippen LogP contribution in [0, 0.1) is 0 Å². The quantitative estimate of drug-likeness (QED) is 0.807. The van der Waals surface area contributed by atoms with Crippen LogP contribution in [0.2, 0.25) is 0 Å². The molecule has 0 atom stereocenters. The predicted octanol–water partition coefficient (Wildman–Crippen LogP) is 2.34. The van der Waals surface area contributed by atoms with Crippen LogP contribution in [-0.4, -0.2) is 19.4 Å². The zero-order valence-corrected chi connectivity index (χ0v) is 9.80. The van der Waals surface area contributed by atoms with Gasteiger partial charge in [0.15, 0.2) is 5.78 Å². The Balaban J connectivity index is 3.35. The van der Waals surface area contributed by atoms with Crippen molar-refractivity contribution in [2.75, 3.05) is 13.7 Å². The number of carbonyl (C=O) groups is 1. The second-order valence-electron chi connectivity index (χ2n) is 3.73. The number of nitrogens with two attached hydrogens (primary N) is 1. The highest BCUT2D eigenvalue weighted by atomic mass is 19.3. The van der Waals surface area contributed by atoms with E-state index in [0.29, 0.717) is 0 Å². The largest absolute Gasteiger partial charge is 0.496 e. The third-order valence-corrected chi connectivity index (χ3v) is 2.36. The normalized spacial score (nSPS) is 11.4. The fourth-order valence-corrected chi connectivity index (χ4v) is 1.65. The molecule has 0 aromatic heterocycles. The van der Waals surface area contributed by atoms with Crippen molar-refractivity contribution in [3.05, 3.63) is 29.3 Å². The summed E-state index contributed by atoms with van der Waals surface area (Å²) in [5.74, 6) is -3.52. The molecular formula is C12H15F2NO2. The van der Waals surface area contributed by atoms with Crippen LogP contribution in [-0.2, 0) is 5.92 Å². The average Bonchev–Trinajstić information content (AvgIpc) is 2.27. The van der Waals surface area contributed by atoms with Gasteiger partial charge >= 0.3 is 0 Å². The minimum atomic E-state index is -3.13. The number of benzene rings is 1. The summed E-state index contributed by atoms with van der Waals surface area (Å²) >= 11 is 0. The number of ether oxygens (including phenoxy) is 1. The van der Waals surface area contributed by atoms with Gasteiger partial charge in [0.1, 0.15) is 5.75 Å². The maximum atomic E-state index is 13.5. The Bertz CT molecular complexity index is 413. The van der Waals surface area contributed by atoms with Gasteiger partial charge in [-0.3, -0.25) is 4.79 Å². The molecule has 0 bridgehead atoms. The first-order chi connectivity index (χ1) is 7.91. The van der Waals surface area contributed by atoms with Gasteiger partial charge in [-0.2, -0.15) is 0 Å². The Morgan fingerprint density at radius 1 is 1.47 bits per heavy atom. The second kappa shape index (κ2) is 5.23. The highest BCUT2D eigenvalue weighted by Crippen LogP contribution is 2.37. The summed E-state index contributed by atoms with van der Waals surface area (Å²) in [4.78, 5) is 11.7. The lowest BCUT2D eigenvalue weighted by molar-refractivity contribution is 0.0140. The number of halogens is 2. The van der Waals surface area contributed by atoms with Crippen LogP contribution in [0.4, 0.5) is 8.78 Å². The van der Waals surface area contributed by atoms with Crippen molar-refractivity contribution in [2.45, 2.75) is 19.3 Å². The molecule has 0 unspecified atom stereocenters. The topological polar surface area (TPSA) is 52.3 Å². The van der Waals surface area contributed by atoms with Crippen molar-refractivity contribution in [2.24, 2.45) is 5.73 Å². The number of ketones is 1. The lowest BCUT2D eigenvalue weighted by Gasteiger charge is -2.18. The minimum Gasteiger partial charge on any atom is -0.496 e. The fourth-order valence-electron chi connectivity index (χ4n) is 1.65. The molecular weight excluding hydrogens is 228 g/mol. The van der Waals surface area contributed by atoms with Crippen molar-refractivity contribution in [1.82, 2.24) is 0 Å². The monoisotopic (exact) mass is 243 g/mol. The van der Waals surface area contributed by atoms with Crippen molar-refractivity contribution in [3.8, 4) is 5.75 Å².